The standard InChI is InChI=1S/C19H16FN3O3S/c20-16-6-2-5-15-17(9-10-21-18(15)16)22-19(24)12-3-1-4-14(11-12)27(25,26)23-13-7-8-13/h1-6,9-11,13,23H,7-8H2,(H,21,22,24). The van der Waals surface area contributed by atoms with Crippen LogP contribution in [0.25, 0.3) is 10.9 Å². The molecule has 0 atom stereocenters. The second-order valence-corrected chi connectivity index (χ2v) is 8.09. The highest BCUT2D eigenvalue weighted by Gasteiger charge is 2.28. The SMILES string of the molecule is O=C(Nc1ccnc2c(F)cccc12)c1cccc(S(=O)(=O)NC2CC2)c1. The Hall–Kier alpha value is -2.84. The van der Waals surface area contributed by atoms with Crippen molar-refractivity contribution in [1.82, 2.24) is 9.71 Å². The van der Waals surface area contributed by atoms with E-state index in [-0.39, 0.29) is 22.0 Å². The third-order valence-electron chi connectivity index (χ3n) is 4.28. The number of para-hydroxylation sites is 1. The van der Waals surface area contributed by atoms with Gasteiger partial charge in [-0.1, -0.05) is 18.2 Å². The lowest BCUT2D eigenvalue weighted by atomic mass is 10.1. The molecular formula is C19H16FN3O3S. The van der Waals surface area contributed by atoms with Gasteiger partial charge in [-0.3, -0.25) is 9.78 Å². The minimum absolute atomic E-state index is 0.0226. The molecule has 1 aliphatic carbocycles. The van der Waals surface area contributed by atoms with E-state index >= 15 is 0 Å². The fraction of sp³-hybridized carbons (Fsp3) is 0.158. The first-order valence-corrected chi connectivity index (χ1v) is 9.89. The molecule has 1 amide bonds. The molecule has 0 unspecified atom stereocenters. The average molecular weight is 385 g/mol. The number of anilines is 1. The predicted molar refractivity (Wildman–Crippen MR) is 99.4 cm³/mol. The lowest BCUT2D eigenvalue weighted by Crippen LogP contribution is -2.26. The van der Waals surface area contributed by atoms with E-state index in [1.807, 2.05) is 0 Å². The molecule has 4 rings (SSSR count). The molecule has 6 nitrogen and oxygen atoms in total. The number of rotatable bonds is 5. The highest BCUT2D eigenvalue weighted by Crippen LogP contribution is 2.25. The Morgan fingerprint density at radius 2 is 1.89 bits per heavy atom. The minimum Gasteiger partial charge on any atom is -0.321 e. The lowest BCUT2D eigenvalue weighted by molar-refractivity contribution is 0.102. The van der Waals surface area contributed by atoms with Crippen LogP contribution in [0.2, 0.25) is 0 Å². The Morgan fingerprint density at radius 3 is 2.67 bits per heavy atom. The normalized spacial score (nSPS) is 14.3. The largest absolute Gasteiger partial charge is 0.321 e. The van der Waals surface area contributed by atoms with Crippen molar-refractivity contribution in [1.29, 1.82) is 0 Å². The van der Waals surface area contributed by atoms with E-state index in [2.05, 4.69) is 15.0 Å². The first kappa shape index (κ1) is 17.6. The summed E-state index contributed by atoms with van der Waals surface area (Å²) in [4.78, 5) is 16.6. The number of nitrogens with one attached hydrogen (secondary N) is 2. The maximum atomic E-state index is 13.9. The van der Waals surface area contributed by atoms with Crippen LogP contribution in [0.1, 0.15) is 23.2 Å². The van der Waals surface area contributed by atoms with Crippen LogP contribution < -0.4 is 10.0 Å². The molecule has 1 aromatic heterocycles. The Morgan fingerprint density at radius 1 is 1.11 bits per heavy atom. The van der Waals surface area contributed by atoms with Crippen LogP contribution in [0.4, 0.5) is 10.1 Å². The highest BCUT2D eigenvalue weighted by atomic mass is 32.2. The van der Waals surface area contributed by atoms with Crippen LogP contribution in [0, 0.1) is 5.82 Å². The van der Waals surface area contributed by atoms with Crippen LogP contribution in [0.5, 0.6) is 0 Å². The molecule has 0 bridgehead atoms. The molecule has 1 fully saturated rings. The summed E-state index contributed by atoms with van der Waals surface area (Å²) in [5.41, 5.74) is 0.740. The van der Waals surface area contributed by atoms with E-state index in [9.17, 15) is 17.6 Å². The molecule has 1 heterocycles. The van der Waals surface area contributed by atoms with Crippen molar-refractivity contribution < 1.29 is 17.6 Å². The molecular weight excluding hydrogens is 369 g/mol. The van der Waals surface area contributed by atoms with Crippen molar-refractivity contribution in [3.63, 3.8) is 0 Å². The molecule has 0 spiro atoms. The van der Waals surface area contributed by atoms with Gasteiger partial charge in [-0.2, -0.15) is 0 Å². The molecule has 8 heteroatoms. The highest BCUT2D eigenvalue weighted by molar-refractivity contribution is 7.89. The number of hydrogen-bond acceptors (Lipinski definition) is 4. The zero-order chi connectivity index (χ0) is 19.0. The molecule has 0 radical (unpaired) electrons. The number of sulfonamides is 1. The van der Waals surface area contributed by atoms with E-state index in [0.29, 0.717) is 11.1 Å². The number of aromatic nitrogens is 1. The van der Waals surface area contributed by atoms with Gasteiger partial charge >= 0.3 is 0 Å². The fourth-order valence-electron chi connectivity index (χ4n) is 2.74. The van der Waals surface area contributed by atoms with Crippen molar-refractivity contribution >= 4 is 32.5 Å². The zero-order valence-electron chi connectivity index (χ0n) is 14.1. The number of benzene rings is 2. The monoisotopic (exact) mass is 385 g/mol. The first-order chi connectivity index (χ1) is 12.9. The number of fused-ring (bicyclic) bond motifs is 1. The molecule has 1 aliphatic rings. The smallest absolute Gasteiger partial charge is 0.255 e. The van der Waals surface area contributed by atoms with E-state index in [1.165, 1.54) is 42.6 Å². The van der Waals surface area contributed by atoms with Gasteiger partial charge in [0.25, 0.3) is 5.91 Å². The van der Waals surface area contributed by atoms with Gasteiger partial charge < -0.3 is 5.32 Å². The van der Waals surface area contributed by atoms with E-state index in [1.54, 1.807) is 12.1 Å². The first-order valence-electron chi connectivity index (χ1n) is 8.41. The summed E-state index contributed by atoms with van der Waals surface area (Å²) in [5, 5.41) is 3.16. The second kappa shape index (κ2) is 6.71. The van der Waals surface area contributed by atoms with Crippen LogP contribution in [0.3, 0.4) is 0 Å². The third-order valence-corrected chi connectivity index (χ3v) is 5.79. The summed E-state index contributed by atoms with van der Waals surface area (Å²) < 4.78 is 41.1. The number of pyridine rings is 1. The summed E-state index contributed by atoms with van der Waals surface area (Å²) in [5.74, 6) is -0.974. The van der Waals surface area contributed by atoms with Gasteiger partial charge in [0, 0.05) is 23.2 Å². The molecule has 138 valence electrons. The molecule has 1 saturated carbocycles. The van der Waals surface area contributed by atoms with Gasteiger partial charge in [0.1, 0.15) is 11.3 Å². The van der Waals surface area contributed by atoms with E-state index in [4.69, 9.17) is 0 Å². The fourth-order valence-corrected chi connectivity index (χ4v) is 4.09. The Bertz CT molecular complexity index is 1140. The quantitative estimate of drug-likeness (QED) is 0.707. The summed E-state index contributed by atoms with van der Waals surface area (Å²) in [6.45, 7) is 0. The minimum atomic E-state index is -3.66. The summed E-state index contributed by atoms with van der Waals surface area (Å²) in [7, 11) is -3.66. The molecule has 0 aliphatic heterocycles. The van der Waals surface area contributed by atoms with Crippen molar-refractivity contribution in [2.45, 2.75) is 23.8 Å². The second-order valence-electron chi connectivity index (χ2n) is 6.37. The van der Waals surface area contributed by atoms with Crippen LogP contribution in [-0.4, -0.2) is 25.4 Å². The number of carbonyl (C=O) groups is 1. The number of carbonyl (C=O) groups excluding carboxylic acids is 1. The topological polar surface area (TPSA) is 88.2 Å². The molecule has 2 N–H and O–H groups in total. The molecule has 3 aromatic rings. The van der Waals surface area contributed by atoms with Gasteiger partial charge in [0.15, 0.2) is 0 Å². The van der Waals surface area contributed by atoms with E-state index in [0.717, 1.165) is 12.8 Å². The van der Waals surface area contributed by atoms with Gasteiger partial charge in [0.2, 0.25) is 10.0 Å². The Labute approximate surface area is 155 Å². The summed E-state index contributed by atoms with van der Waals surface area (Å²) in [6, 6.07) is 11.8. The number of hydrogen-bond donors (Lipinski definition) is 2. The van der Waals surface area contributed by atoms with Crippen molar-refractivity contribution in [3.8, 4) is 0 Å². The third kappa shape index (κ3) is 3.67. The van der Waals surface area contributed by atoms with Crippen LogP contribution >= 0.6 is 0 Å². The summed E-state index contributed by atoms with van der Waals surface area (Å²) >= 11 is 0. The molecule has 0 saturated heterocycles. The number of halogens is 1. The van der Waals surface area contributed by atoms with Gasteiger partial charge in [-0.25, -0.2) is 17.5 Å². The van der Waals surface area contributed by atoms with Crippen LogP contribution in [-0.2, 0) is 10.0 Å². The predicted octanol–water partition coefficient (Wildman–Crippen LogP) is 3.07. The van der Waals surface area contributed by atoms with Crippen molar-refractivity contribution in [2.24, 2.45) is 0 Å². The van der Waals surface area contributed by atoms with Crippen molar-refractivity contribution in [2.75, 3.05) is 5.32 Å². The maximum Gasteiger partial charge on any atom is 0.255 e. The van der Waals surface area contributed by atoms with Gasteiger partial charge in [0.05, 0.1) is 10.6 Å². The zero-order valence-corrected chi connectivity index (χ0v) is 15.0. The van der Waals surface area contributed by atoms with E-state index < -0.39 is 21.7 Å². The molecule has 27 heavy (non-hydrogen) atoms. The maximum absolute atomic E-state index is 13.9. The van der Waals surface area contributed by atoms with Gasteiger partial charge in [-0.15, -0.1) is 0 Å². The van der Waals surface area contributed by atoms with Crippen molar-refractivity contribution in [3.05, 3.63) is 66.1 Å². The number of nitrogens with zero attached hydrogens (tertiary/aromatic N) is 1. The summed E-state index contributed by atoms with van der Waals surface area (Å²) in [6.07, 6.45) is 3.05. The van der Waals surface area contributed by atoms with Gasteiger partial charge in [-0.05, 0) is 43.2 Å². The average Bonchev–Trinajstić information content (AvgIpc) is 3.46. The Kier molecular flexibility index (Phi) is 4.37. The Balaban J connectivity index is 1.63. The lowest BCUT2D eigenvalue weighted by Gasteiger charge is -2.10. The van der Waals surface area contributed by atoms with Crippen LogP contribution in [0.15, 0.2) is 59.6 Å². The number of amides is 1. The molecule has 2 aromatic carbocycles.